The molecule has 0 atom stereocenters. The lowest BCUT2D eigenvalue weighted by atomic mass is 10.1. The molecule has 0 unspecified atom stereocenters. The largest absolute Gasteiger partial charge is 0.495 e. The molecule has 1 aliphatic heterocycles. The molecule has 2 amide bonds. The maximum atomic E-state index is 12.5. The standard InChI is InChI=1S/C19H21N3O3/c1-25-17-11-4-3-8-14(17)21-18(23)15-9-7-10-16(20-15)19(24)22-12-5-2-6-13-22/h3-4,7-11H,2,5-6,12-13H2,1H3,(H,21,23). The average molecular weight is 339 g/mol. The number of likely N-dealkylation sites (tertiary alicyclic amines) is 1. The number of benzene rings is 1. The lowest BCUT2D eigenvalue weighted by Crippen LogP contribution is -2.36. The second-order valence-corrected chi connectivity index (χ2v) is 5.92. The first-order valence-electron chi connectivity index (χ1n) is 8.40. The van der Waals surface area contributed by atoms with Crippen LogP contribution in [-0.2, 0) is 0 Å². The van der Waals surface area contributed by atoms with Crippen molar-refractivity contribution in [3.05, 3.63) is 53.9 Å². The fourth-order valence-electron chi connectivity index (χ4n) is 2.87. The zero-order valence-electron chi connectivity index (χ0n) is 14.2. The van der Waals surface area contributed by atoms with E-state index in [1.165, 1.54) is 0 Å². The zero-order chi connectivity index (χ0) is 17.6. The third-order valence-electron chi connectivity index (χ3n) is 4.20. The Bertz CT molecular complexity index is 770. The van der Waals surface area contributed by atoms with Crippen LogP contribution in [0.2, 0.25) is 0 Å². The minimum atomic E-state index is -0.377. The molecule has 1 aromatic heterocycles. The average Bonchev–Trinajstić information content (AvgIpc) is 2.68. The number of nitrogens with one attached hydrogen (secondary N) is 1. The normalized spacial score (nSPS) is 14.0. The summed E-state index contributed by atoms with van der Waals surface area (Å²) in [6.07, 6.45) is 3.18. The van der Waals surface area contributed by atoms with E-state index in [4.69, 9.17) is 4.74 Å². The fraction of sp³-hybridized carbons (Fsp3) is 0.316. The number of nitrogens with zero attached hydrogens (tertiary/aromatic N) is 2. The predicted molar refractivity (Wildman–Crippen MR) is 94.9 cm³/mol. The van der Waals surface area contributed by atoms with E-state index >= 15 is 0 Å². The molecule has 1 N–H and O–H groups in total. The molecule has 1 fully saturated rings. The highest BCUT2D eigenvalue weighted by atomic mass is 16.5. The van der Waals surface area contributed by atoms with Crippen molar-refractivity contribution < 1.29 is 14.3 Å². The van der Waals surface area contributed by atoms with Gasteiger partial charge in [-0.15, -0.1) is 0 Å². The number of amides is 2. The van der Waals surface area contributed by atoms with Crippen LogP contribution in [0.5, 0.6) is 5.75 Å². The topological polar surface area (TPSA) is 71.5 Å². The Morgan fingerprint density at radius 3 is 2.48 bits per heavy atom. The van der Waals surface area contributed by atoms with E-state index in [0.29, 0.717) is 17.1 Å². The second-order valence-electron chi connectivity index (χ2n) is 5.92. The van der Waals surface area contributed by atoms with Gasteiger partial charge in [0.15, 0.2) is 0 Å². The maximum absolute atomic E-state index is 12.5. The van der Waals surface area contributed by atoms with Crippen molar-refractivity contribution in [1.29, 1.82) is 0 Å². The van der Waals surface area contributed by atoms with Crippen LogP contribution in [-0.4, -0.2) is 41.9 Å². The number of hydrogen-bond donors (Lipinski definition) is 1. The van der Waals surface area contributed by atoms with Crippen molar-refractivity contribution in [3.63, 3.8) is 0 Å². The van der Waals surface area contributed by atoms with Gasteiger partial charge in [0.25, 0.3) is 11.8 Å². The smallest absolute Gasteiger partial charge is 0.274 e. The van der Waals surface area contributed by atoms with Crippen molar-refractivity contribution >= 4 is 17.5 Å². The van der Waals surface area contributed by atoms with E-state index in [0.717, 1.165) is 32.4 Å². The quantitative estimate of drug-likeness (QED) is 0.929. The molecule has 2 aromatic rings. The van der Waals surface area contributed by atoms with Gasteiger partial charge in [0, 0.05) is 13.1 Å². The number of pyridine rings is 1. The molecule has 2 heterocycles. The Morgan fingerprint density at radius 2 is 1.72 bits per heavy atom. The van der Waals surface area contributed by atoms with Crippen LogP contribution in [0.1, 0.15) is 40.2 Å². The van der Waals surface area contributed by atoms with Gasteiger partial charge in [-0.2, -0.15) is 0 Å². The molecule has 1 aliphatic rings. The summed E-state index contributed by atoms with van der Waals surface area (Å²) in [5, 5.41) is 2.77. The van der Waals surface area contributed by atoms with Crippen molar-refractivity contribution in [2.75, 3.05) is 25.5 Å². The Hall–Kier alpha value is -2.89. The number of carbonyl (C=O) groups excluding carboxylic acids is 2. The summed E-state index contributed by atoms with van der Waals surface area (Å²) in [5.41, 5.74) is 1.06. The summed E-state index contributed by atoms with van der Waals surface area (Å²) >= 11 is 0. The van der Waals surface area contributed by atoms with Crippen molar-refractivity contribution in [2.45, 2.75) is 19.3 Å². The number of carbonyl (C=O) groups is 2. The predicted octanol–water partition coefficient (Wildman–Crippen LogP) is 2.97. The monoisotopic (exact) mass is 339 g/mol. The highest BCUT2D eigenvalue weighted by Gasteiger charge is 2.20. The lowest BCUT2D eigenvalue weighted by molar-refractivity contribution is 0.0718. The van der Waals surface area contributed by atoms with Crippen LogP contribution in [0, 0.1) is 0 Å². The molecule has 0 bridgehead atoms. The van der Waals surface area contributed by atoms with Crippen molar-refractivity contribution in [3.8, 4) is 5.75 Å². The highest BCUT2D eigenvalue weighted by Crippen LogP contribution is 2.23. The Kier molecular flexibility index (Phi) is 5.28. The molecular weight excluding hydrogens is 318 g/mol. The van der Waals surface area contributed by atoms with Crippen molar-refractivity contribution in [2.24, 2.45) is 0 Å². The Balaban J connectivity index is 1.76. The SMILES string of the molecule is COc1ccccc1NC(=O)c1cccc(C(=O)N2CCCCC2)n1. The van der Waals surface area contributed by atoms with Crippen molar-refractivity contribution in [1.82, 2.24) is 9.88 Å². The molecular formula is C19H21N3O3. The first-order valence-corrected chi connectivity index (χ1v) is 8.40. The maximum Gasteiger partial charge on any atom is 0.274 e. The van der Waals surface area contributed by atoms with E-state index in [1.54, 1.807) is 42.3 Å². The zero-order valence-corrected chi connectivity index (χ0v) is 14.2. The Morgan fingerprint density at radius 1 is 1.00 bits per heavy atom. The number of ether oxygens (including phenoxy) is 1. The number of aromatic nitrogens is 1. The number of para-hydroxylation sites is 2. The molecule has 3 rings (SSSR count). The number of methoxy groups -OCH3 is 1. The fourth-order valence-corrected chi connectivity index (χ4v) is 2.87. The van der Waals surface area contributed by atoms with Gasteiger partial charge in [-0.3, -0.25) is 9.59 Å². The highest BCUT2D eigenvalue weighted by molar-refractivity contribution is 6.04. The van der Waals surface area contributed by atoms with Crippen LogP contribution >= 0.6 is 0 Å². The summed E-state index contributed by atoms with van der Waals surface area (Å²) in [4.78, 5) is 31.1. The van der Waals surface area contributed by atoms with Gasteiger partial charge < -0.3 is 15.0 Å². The van der Waals surface area contributed by atoms with Gasteiger partial charge in [0.05, 0.1) is 12.8 Å². The van der Waals surface area contributed by atoms with Crippen LogP contribution < -0.4 is 10.1 Å². The molecule has 0 spiro atoms. The van der Waals surface area contributed by atoms with Crippen LogP contribution in [0.4, 0.5) is 5.69 Å². The summed E-state index contributed by atoms with van der Waals surface area (Å²) in [6.45, 7) is 1.50. The third kappa shape index (κ3) is 3.96. The van der Waals surface area contributed by atoms with Gasteiger partial charge in [-0.25, -0.2) is 4.98 Å². The van der Waals surface area contributed by atoms with Gasteiger partial charge in [0.1, 0.15) is 17.1 Å². The molecule has 0 aliphatic carbocycles. The molecule has 25 heavy (non-hydrogen) atoms. The molecule has 1 saturated heterocycles. The number of anilines is 1. The number of rotatable bonds is 4. The van der Waals surface area contributed by atoms with Gasteiger partial charge >= 0.3 is 0 Å². The minimum Gasteiger partial charge on any atom is -0.495 e. The van der Waals surface area contributed by atoms with E-state index in [1.807, 2.05) is 12.1 Å². The summed E-state index contributed by atoms with van der Waals surface area (Å²) in [5.74, 6) is 0.0702. The van der Waals surface area contributed by atoms with Crippen LogP contribution in [0.25, 0.3) is 0 Å². The van der Waals surface area contributed by atoms with E-state index in [9.17, 15) is 9.59 Å². The van der Waals surface area contributed by atoms with E-state index in [-0.39, 0.29) is 17.5 Å². The van der Waals surface area contributed by atoms with Gasteiger partial charge in [-0.05, 0) is 43.5 Å². The summed E-state index contributed by atoms with van der Waals surface area (Å²) in [6, 6.07) is 12.1. The summed E-state index contributed by atoms with van der Waals surface area (Å²) < 4.78 is 5.23. The third-order valence-corrected chi connectivity index (χ3v) is 4.20. The number of hydrogen-bond acceptors (Lipinski definition) is 4. The summed E-state index contributed by atoms with van der Waals surface area (Å²) in [7, 11) is 1.54. The Labute approximate surface area is 146 Å². The minimum absolute atomic E-state index is 0.119. The molecule has 130 valence electrons. The molecule has 0 saturated carbocycles. The van der Waals surface area contributed by atoms with Crippen LogP contribution in [0.3, 0.4) is 0 Å². The number of piperidine rings is 1. The van der Waals surface area contributed by atoms with E-state index < -0.39 is 0 Å². The molecule has 0 radical (unpaired) electrons. The first-order chi connectivity index (χ1) is 12.2. The molecule has 1 aromatic carbocycles. The van der Waals surface area contributed by atoms with E-state index in [2.05, 4.69) is 10.3 Å². The first kappa shape index (κ1) is 17.0. The molecule has 6 heteroatoms. The molecule has 6 nitrogen and oxygen atoms in total. The van der Waals surface area contributed by atoms with Crippen LogP contribution in [0.15, 0.2) is 42.5 Å². The lowest BCUT2D eigenvalue weighted by Gasteiger charge is -2.26. The van der Waals surface area contributed by atoms with Gasteiger partial charge in [-0.1, -0.05) is 18.2 Å². The van der Waals surface area contributed by atoms with Gasteiger partial charge in [0.2, 0.25) is 0 Å². The second kappa shape index (κ2) is 7.79.